The van der Waals surface area contributed by atoms with Crippen molar-refractivity contribution in [3.05, 3.63) is 0 Å². The van der Waals surface area contributed by atoms with E-state index in [-0.39, 0.29) is 17.2 Å². The number of hydrogen-bond donors (Lipinski definition) is 0. The van der Waals surface area contributed by atoms with Crippen molar-refractivity contribution in [3.8, 4) is 0 Å². The Bertz CT molecular complexity index is 458. The van der Waals surface area contributed by atoms with E-state index in [0.29, 0.717) is 24.5 Å². The summed E-state index contributed by atoms with van der Waals surface area (Å²) in [5.41, 5.74) is -0.355. The molecule has 3 rings (SSSR count). The smallest absolute Gasteiger partial charge is 0.227 e. The quantitative estimate of drug-likeness (QED) is 0.801. The van der Waals surface area contributed by atoms with E-state index in [0.717, 1.165) is 19.4 Å². The van der Waals surface area contributed by atoms with E-state index >= 15 is 0 Å². The summed E-state index contributed by atoms with van der Waals surface area (Å²) in [6.07, 6.45) is 9.16. The maximum Gasteiger partial charge on any atom is 0.227 e. The number of hydrogen-bond acceptors (Lipinski definition) is 2. The van der Waals surface area contributed by atoms with Crippen molar-refractivity contribution < 1.29 is 9.59 Å². The average molecular weight is 320 g/mol. The zero-order valence-electron chi connectivity index (χ0n) is 15.0. The van der Waals surface area contributed by atoms with E-state index in [2.05, 4.69) is 4.90 Å². The summed E-state index contributed by atoms with van der Waals surface area (Å²) in [6, 6.07) is 0.975. The third kappa shape index (κ3) is 3.72. The van der Waals surface area contributed by atoms with Crippen molar-refractivity contribution in [1.82, 2.24) is 9.80 Å². The SMILES string of the molecule is CC(C)(C)C(=O)N1CCCC(C(=O)N(C2CCCC2)C2CC2)C1. The van der Waals surface area contributed by atoms with E-state index in [1.54, 1.807) is 0 Å². The van der Waals surface area contributed by atoms with Crippen LogP contribution in [0.3, 0.4) is 0 Å². The van der Waals surface area contributed by atoms with Crippen LogP contribution in [-0.4, -0.2) is 46.8 Å². The summed E-state index contributed by atoms with van der Waals surface area (Å²) in [4.78, 5) is 29.9. The molecule has 1 heterocycles. The lowest BCUT2D eigenvalue weighted by atomic mass is 9.90. The van der Waals surface area contributed by atoms with Crippen molar-refractivity contribution in [3.63, 3.8) is 0 Å². The summed E-state index contributed by atoms with van der Waals surface area (Å²) in [6.45, 7) is 7.35. The molecule has 0 bridgehead atoms. The Labute approximate surface area is 140 Å². The van der Waals surface area contributed by atoms with Crippen molar-refractivity contribution in [2.45, 2.75) is 84.2 Å². The molecule has 0 aromatic rings. The van der Waals surface area contributed by atoms with Crippen molar-refractivity contribution in [2.24, 2.45) is 11.3 Å². The zero-order valence-corrected chi connectivity index (χ0v) is 15.0. The van der Waals surface area contributed by atoms with Gasteiger partial charge in [0.1, 0.15) is 0 Å². The monoisotopic (exact) mass is 320 g/mol. The molecule has 1 aliphatic heterocycles. The Hall–Kier alpha value is -1.06. The molecule has 2 aliphatic carbocycles. The Morgan fingerprint density at radius 3 is 2.09 bits per heavy atom. The fourth-order valence-corrected chi connectivity index (χ4v) is 4.24. The van der Waals surface area contributed by atoms with E-state index < -0.39 is 0 Å². The fraction of sp³-hybridized carbons (Fsp3) is 0.895. The lowest BCUT2D eigenvalue weighted by Crippen LogP contribution is -2.51. The Kier molecular flexibility index (Phi) is 4.70. The van der Waals surface area contributed by atoms with Gasteiger partial charge in [-0.15, -0.1) is 0 Å². The van der Waals surface area contributed by atoms with Crippen LogP contribution in [0, 0.1) is 11.3 Å². The predicted molar refractivity (Wildman–Crippen MR) is 90.9 cm³/mol. The average Bonchev–Trinajstić information content (AvgIpc) is 3.20. The second-order valence-electron chi connectivity index (χ2n) is 8.76. The normalized spacial score (nSPS) is 26.4. The van der Waals surface area contributed by atoms with Crippen LogP contribution in [0.2, 0.25) is 0 Å². The predicted octanol–water partition coefficient (Wildman–Crippen LogP) is 3.20. The zero-order chi connectivity index (χ0) is 16.6. The summed E-state index contributed by atoms with van der Waals surface area (Å²) in [7, 11) is 0. The minimum atomic E-state index is -0.355. The van der Waals surface area contributed by atoms with E-state index in [1.165, 1.54) is 38.5 Å². The second kappa shape index (κ2) is 6.45. The Morgan fingerprint density at radius 1 is 0.913 bits per heavy atom. The van der Waals surface area contributed by atoms with Crippen LogP contribution in [0.15, 0.2) is 0 Å². The molecule has 2 saturated carbocycles. The van der Waals surface area contributed by atoms with Crippen LogP contribution in [0.5, 0.6) is 0 Å². The van der Waals surface area contributed by atoms with Gasteiger partial charge in [-0.2, -0.15) is 0 Å². The maximum absolute atomic E-state index is 13.2. The largest absolute Gasteiger partial charge is 0.341 e. The van der Waals surface area contributed by atoms with Gasteiger partial charge in [0.25, 0.3) is 0 Å². The first-order valence-corrected chi connectivity index (χ1v) is 9.49. The lowest BCUT2D eigenvalue weighted by molar-refractivity contribution is -0.146. The molecule has 4 heteroatoms. The molecule has 1 atom stereocenters. The van der Waals surface area contributed by atoms with Crippen LogP contribution in [-0.2, 0) is 9.59 Å². The van der Waals surface area contributed by atoms with Gasteiger partial charge >= 0.3 is 0 Å². The fourth-order valence-electron chi connectivity index (χ4n) is 4.24. The van der Waals surface area contributed by atoms with Gasteiger partial charge in [-0.3, -0.25) is 9.59 Å². The standard InChI is InChI=1S/C19H32N2O2/c1-19(2,3)18(23)20-12-6-7-14(13-20)17(22)21(16-10-11-16)15-8-4-5-9-15/h14-16H,4-13H2,1-3H3. The van der Waals surface area contributed by atoms with Crippen LogP contribution < -0.4 is 0 Å². The minimum absolute atomic E-state index is 0.0243. The molecule has 4 nitrogen and oxygen atoms in total. The first-order chi connectivity index (χ1) is 10.9. The lowest BCUT2D eigenvalue weighted by Gasteiger charge is -2.39. The van der Waals surface area contributed by atoms with Gasteiger partial charge in [0.05, 0.1) is 5.92 Å². The summed E-state index contributed by atoms with van der Waals surface area (Å²) in [5.74, 6) is 0.552. The van der Waals surface area contributed by atoms with E-state index in [1.807, 2.05) is 25.7 Å². The number of likely N-dealkylation sites (tertiary alicyclic amines) is 1. The molecule has 2 amide bonds. The number of piperidine rings is 1. The molecule has 0 N–H and O–H groups in total. The Morgan fingerprint density at radius 2 is 1.52 bits per heavy atom. The van der Waals surface area contributed by atoms with Crippen LogP contribution in [0.25, 0.3) is 0 Å². The van der Waals surface area contributed by atoms with Crippen molar-refractivity contribution in [2.75, 3.05) is 13.1 Å². The summed E-state index contributed by atoms with van der Waals surface area (Å²) in [5, 5.41) is 0. The molecule has 0 radical (unpaired) electrons. The molecule has 130 valence electrons. The molecular formula is C19H32N2O2. The van der Waals surface area contributed by atoms with Gasteiger partial charge in [-0.1, -0.05) is 33.6 Å². The number of amides is 2. The molecule has 23 heavy (non-hydrogen) atoms. The molecule has 3 aliphatic rings. The number of nitrogens with zero attached hydrogens (tertiary/aromatic N) is 2. The first kappa shape index (κ1) is 16.8. The molecule has 1 unspecified atom stereocenters. The second-order valence-corrected chi connectivity index (χ2v) is 8.76. The highest BCUT2D eigenvalue weighted by molar-refractivity contribution is 5.84. The van der Waals surface area contributed by atoms with E-state index in [9.17, 15) is 9.59 Å². The van der Waals surface area contributed by atoms with Gasteiger partial charge in [-0.05, 0) is 38.5 Å². The third-order valence-corrected chi connectivity index (χ3v) is 5.61. The van der Waals surface area contributed by atoms with Crippen LogP contribution in [0.4, 0.5) is 0 Å². The molecule has 3 fully saturated rings. The van der Waals surface area contributed by atoms with Crippen molar-refractivity contribution >= 4 is 11.8 Å². The van der Waals surface area contributed by atoms with Gasteiger partial charge in [-0.25, -0.2) is 0 Å². The van der Waals surface area contributed by atoms with Gasteiger partial charge in [0.2, 0.25) is 11.8 Å². The topological polar surface area (TPSA) is 40.6 Å². The molecule has 1 saturated heterocycles. The van der Waals surface area contributed by atoms with E-state index in [4.69, 9.17) is 0 Å². The minimum Gasteiger partial charge on any atom is -0.341 e. The molecule has 0 spiro atoms. The maximum atomic E-state index is 13.2. The number of rotatable bonds is 3. The molecule has 0 aromatic heterocycles. The number of carbonyl (C=O) groups is 2. The van der Waals surface area contributed by atoms with Crippen molar-refractivity contribution in [1.29, 1.82) is 0 Å². The molecular weight excluding hydrogens is 288 g/mol. The highest BCUT2D eigenvalue weighted by Gasteiger charge is 2.42. The van der Waals surface area contributed by atoms with Crippen LogP contribution in [0.1, 0.15) is 72.1 Å². The number of carbonyl (C=O) groups excluding carboxylic acids is 2. The first-order valence-electron chi connectivity index (χ1n) is 9.49. The van der Waals surface area contributed by atoms with Gasteiger partial charge in [0, 0.05) is 30.6 Å². The highest BCUT2D eigenvalue weighted by atomic mass is 16.2. The third-order valence-electron chi connectivity index (χ3n) is 5.61. The highest BCUT2D eigenvalue weighted by Crippen LogP contribution is 2.36. The molecule has 0 aromatic carbocycles. The van der Waals surface area contributed by atoms with Gasteiger partial charge in [0.15, 0.2) is 0 Å². The summed E-state index contributed by atoms with van der Waals surface area (Å²) >= 11 is 0. The van der Waals surface area contributed by atoms with Crippen LogP contribution >= 0.6 is 0 Å². The van der Waals surface area contributed by atoms with Gasteiger partial charge < -0.3 is 9.80 Å². The Balaban J connectivity index is 1.67. The summed E-state index contributed by atoms with van der Waals surface area (Å²) < 4.78 is 0.